The molecule has 3 atom stereocenters. The van der Waals surface area contributed by atoms with Crippen LogP contribution in [0.1, 0.15) is 25.8 Å². The van der Waals surface area contributed by atoms with E-state index in [-0.39, 0.29) is 30.6 Å². The maximum atomic E-state index is 11.0. The fourth-order valence-corrected chi connectivity index (χ4v) is 2.41. The molecule has 0 amide bonds. The third-order valence-electron chi connectivity index (χ3n) is 3.71. The normalized spacial score (nSPS) is 21.0. The average Bonchev–Trinajstić information content (AvgIpc) is 3.25. The van der Waals surface area contributed by atoms with E-state index < -0.39 is 0 Å². The molecular formula is C17H22O5. The second-order valence-electron chi connectivity index (χ2n) is 5.60. The van der Waals surface area contributed by atoms with Crippen LogP contribution in [0.2, 0.25) is 0 Å². The zero-order valence-corrected chi connectivity index (χ0v) is 13.0. The fourth-order valence-electron chi connectivity index (χ4n) is 2.41. The summed E-state index contributed by atoms with van der Waals surface area (Å²) in [7, 11) is 0. The highest BCUT2D eigenvalue weighted by Crippen LogP contribution is 2.43. The van der Waals surface area contributed by atoms with Crippen molar-refractivity contribution in [3.63, 3.8) is 0 Å². The van der Waals surface area contributed by atoms with Gasteiger partial charge in [-0.1, -0.05) is 30.3 Å². The van der Waals surface area contributed by atoms with Gasteiger partial charge in [0.2, 0.25) is 0 Å². The number of benzene rings is 1. The van der Waals surface area contributed by atoms with E-state index in [4.69, 9.17) is 14.2 Å². The second-order valence-corrected chi connectivity index (χ2v) is 5.60. The smallest absolute Gasteiger partial charge is 0.302 e. The first-order valence-corrected chi connectivity index (χ1v) is 7.48. The second kappa shape index (κ2) is 7.94. The Morgan fingerprint density at radius 2 is 1.82 bits per heavy atom. The molecule has 0 aliphatic heterocycles. The minimum Gasteiger partial charge on any atom is -0.466 e. The van der Waals surface area contributed by atoms with Crippen molar-refractivity contribution in [3.8, 4) is 0 Å². The zero-order chi connectivity index (χ0) is 15.9. The highest BCUT2D eigenvalue weighted by atomic mass is 16.6. The Morgan fingerprint density at radius 1 is 1.14 bits per heavy atom. The summed E-state index contributed by atoms with van der Waals surface area (Å²) >= 11 is 0. The van der Waals surface area contributed by atoms with E-state index in [1.807, 2.05) is 30.3 Å². The lowest BCUT2D eigenvalue weighted by atomic mass is 10.2. The Morgan fingerprint density at radius 3 is 2.45 bits per heavy atom. The maximum absolute atomic E-state index is 11.0. The summed E-state index contributed by atoms with van der Waals surface area (Å²) in [4.78, 5) is 21.9. The standard InChI is InChI=1S/C17H22O5/c1-12(18)20-10-15-8-16(15)17(11-21-13(2)19)22-9-14-6-4-3-5-7-14/h3-7,15-17H,8-11H2,1-2H3. The molecule has 0 spiro atoms. The van der Waals surface area contributed by atoms with Crippen molar-refractivity contribution in [1.29, 1.82) is 0 Å². The van der Waals surface area contributed by atoms with Crippen molar-refractivity contribution in [2.75, 3.05) is 13.2 Å². The molecular weight excluding hydrogens is 284 g/mol. The molecule has 120 valence electrons. The van der Waals surface area contributed by atoms with Crippen LogP contribution in [-0.4, -0.2) is 31.3 Å². The minimum atomic E-state index is -0.314. The molecule has 0 aromatic heterocycles. The van der Waals surface area contributed by atoms with Crippen LogP contribution in [0.4, 0.5) is 0 Å². The molecule has 0 heterocycles. The Labute approximate surface area is 130 Å². The number of carbonyl (C=O) groups is 2. The molecule has 0 saturated heterocycles. The van der Waals surface area contributed by atoms with E-state index in [9.17, 15) is 9.59 Å². The van der Waals surface area contributed by atoms with Crippen molar-refractivity contribution < 1.29 is 23.8 Å². The van der Waals surface area contributed by atoms with Crippen LogP contribution in [0.5, 0.6) is 0 Å². The third-order valence-corrected chi connectivity index (χ3v) is 3.71. The van der Waals surface area contributed by atoms with Gasteiger partial charge >= 0.3 is 11.9 Å². The summed E-state index contributed by atoms with van der Waals surface area (Å²) < 4.78 is 16.1. The van der Waals surface area contributed by atoms with Crippen molar-refractivity contribution in [1.82, 2.24) is 0 Å². The first-order chi connectivity index (χ1) is 10.6. The molecule has 1 aromatic carbocycles. The molecule has 1 aromatic rings. The molecule has 5 heteroatoms. The van der Waals surface area contributed by atoms with Crippen molar-refractivity contribution >= 4 is 11.9 Å². The number of hydrogen-bond donors (Lipinski definition) is 0. The van der Waals surface area contributed by atoms with Crippen molar-refractivity contribution in [2.45, 2.75) is 33.0 Å². The average molecular weight is 306 g/mol. The van der Waals surface area contributed by atoms with Crippen LogP contribution >= 0.6 is 0 Å². The fraction of sp³-hybridized carbons (Fsp3) is 0.529. The van der Waals surface area contributed by atoms with Gasteiger partial charge in [-0.05, 0) is 23.8 Å². The maximum Gasteiger partial charge on any atom is 0.302 e. The summed E-state index contributed by atoms with van der Waals surface area (Å²) in [5, 5.41) is 0. The monoisotopic (exact) mass is 306 g/mol. The van der Waals surface area contributed by atoms with Gasteiger partial charge in [0.05, 0.1) is 19.3 Å². The number of ether oxygens (including phenoxy) is 3. The van der Waals surface area contributed by atoms with Gasteiger partial charge in [-0.25, -0.2) is 0 Å². The number of hydrogen-bond acceptors (Lipinski definition) is 5. The lowest BCUT2D eigenvalue weighted by Crippen LogP contribution is -2.25. The van der Waals surface area contributed by atoms with E-state index in [2.05, 4.69) is 0 Å². The minimum absolute atomic E-state index is 0.162. The molecule has 0 bridgehead atoms. The van der Waals surface area contributed by atoms with Gasteiger partial charge in [-0.3, -0.25) is 9.59 Å². The zero-order valence-electron chi connectivity index (χ0n) is 13.0. The molecule has 0 N–H and O–H groups in total. The molecule has 1 saturated carbocycles. The number of esters is 2. The van der Waals surface area contributed by atoms with Gasteiger partial charge in [0, 0.05) is 13.8 Å². The molecule has 0 radical (unpaired) electrons. The summed E-state index contributed by atoms with van der Waals surface area (Å²) in [5.41, 5.74) is 1.08. The highest BCUT2D eigenvalue weighted by molar-refractivity contribution is 5.66. The summed E-state index contributed by atoms with van der Waals surface area (Å²) in [5.74, 6) is -0.0273. The largest absolute Gasteiger partial charge is 0.466 e. The molecule has 1 fully saturated rings. The van der Waals surface area contributed by atoms with E-state index in [1.165, 1.54) is 13.8 Å². The Bertz CT molecular complexity index is 499. The van der Waals surface area contributed by atoms with Crippen LogP contribution < -0.4 is 0 Å². The van der Waals surface area contributed by atoms with E-state index >= 15 is 0 Å². The molecule has 5 nitrogen and oxygen atoms in total. The van der Waals surface area contributed by atoms with Crippen LogP contribution in [0.25, 0.3) is 0 Å². The van der Waals surface area contributed by atoms with Crippen LogP contribution in [0.15, 0.2) is 30.3 Å². The van der Waals surface area contributed by atoms with Gasteiger partial charge in [0.25, 0.3) is 0 Å². The Kier molecular flexibility index (Phi) is 5.95. The van der Waals surface area contributed by atoms with E-state index in [0.29, 0.717) is 19.1 Å². The molecule has 1 aliphatic rings. The van der Waals surface area contributed by atoms with Crippen molar-refractivity contribution in [2.24, 2.45) is 11.8 Å². The van der Waals surface area contributed by atoms with Gasteiger partial charge in [0.15, 0.2) is 0 Å². The predicted octanol–water partition coefficient (Wildman–Crippen LogP) is 2.33. The Hall–Kier alpha value is -1.88. The van der Waals surface area contributed by atoms with E-state index in [1.54, 1.807) is 0 Å². The molecule has 22 heavy (non-hydrogen) atoms. The topological polar surface area (TPSA) is 61.8 Å². The number of carbonyl (C=O) groups excluding carboxylic acids is 2. The van der Waals surface area contributed by atoms with Gasteiger partial charge in [0.1, 0.15) is 6.61 Å². The highest BCUT2D eigenvalue weighted by Gasteiger charge is 2.44. The molecule has 2 rings (SSSR count). The summed E-state index contributed by atoms with van der Waals surface area (Å²) in [6.07, 6.45) is 0.762. The summed E-state index contributed by atoms with van der Waals surface area (Å²) in [6.45, 7) is 3.91. The van der Waals surface area contributed by atoms with Crippen molar-refractivity contribution in [3.05, 3.63) is 35.9 Å². The van der Waals surface area contributed by atoms with Crippen LogP contribution in [0, 0.1) is 11.8 Å². The summed E-state index contributed by atoms with van der Waals surface area (Å²) in [6, 6.07) is 9.86. The van der Waals surface area contributed by atoms with Gasteiger partial charge in [-0.15, -0.1) is 0 Å². The first kappa shape index (κ1) is 16.5. The number of rotatable bonds is 8. The predicted molar refractivity (Wildman–Crippen MR) is 79.9 cm³/mol. The van der Waals surface area contributed by atoms with Gasteiger partial charge in [-0.2, -0.15) is 0 Å². The third kappa shape index (κ3) is 5.48. The lowest BCUT2D eigenvalue weighted by Gasteiger charge is -2.18. The molecule has 3 unspecified atom stereocenters. The SMILES string of the molecule is CC(=O)OCC1CC1C(COC(C)=O)OCc1ccccc1. The van der Waals surface area contributed by atoms with Gasteiger partial charge < -0.3 is 14.2 Å². The van der Waals surface area contributed by atoms with Crippen LogP contribution in [-0.2, 0) is 30.4 Å². The van der Waals surface area contributed by atoms with Crippen LogP contribution in [0.3, 0.4) is 0 Å². The quantitative estimate of drug-likeness (QED) is 0.690. The first-order valence-electron chi connectivity index (χ1n) is 7.48. The Balaban J connectivity index is 1.84. The molecule has 1 aliphatic carbocycles. The van der Waals surface area contributed by atoms with E-state index in [0.717, 1.165) is 12.0 Å². The lowest BCUT2D eigenvalue weighted by molar-refractivity contribution is -0.146.